The van der Waals surface area contributed by atoms with Gasteiger partial charge in [0.2, 0.25) is 0 Å². The van der Waals surface area contributed by atoms with Crippen LogP contribution in [0.15, 0.2) is 0 Å². The summed E-state index contributed by atoms with van der Waals surface area (Å²) in [6.07, 6.45) is 10.5. The summed E-state index contributed by atoms with van der Waals surface area (Å²) in [5, 5.41) is 3.29. The average molecular weight is 250 g/mol. The summed E-state index contributed by atoms with van der Waals surface area (Å²) in [5.74, 6) is 4.29. The second kappa shape index (κ2) is 5.92. The number of likely N-dealkylation sites (tertiary alicyclic amines) is 1. The van der Waals surface area contributed by atoms with Crippen molar-refractivity contribution < 1.29 is 0 Å². The van der Waals surface area contributed by atoms with Crippen molar-refractivity contribution in [1.82, 2.24) is 10.2 Å². The molecule has 18 heavy (non-hydrogen) atoms. The Morgan fingerprint density at radius 3 is 2.50 bits per heavy atom. The van der Waals surface area contributed by atoms with Crippen LogP contribution < -0.4 is 5.32 Å². The molecule has 0 aromatic rings. The number of nitrogens with zero attached hydrogens (tertiary/aromatic N) is 1. The van der Waals surface area contributed by atoms with Crippen LogP contribution in [-0.2, 0) is 0 Å². The molecule has 2 nitrogen and oxygen atoms in total. The molecular weight excluding hydrogens is 220 g/mol. The number of nitrogens with one attached hydrogen (secondary N) is 1. The predicted molar refractivity (Wildman–Crippen MR) is 76.6 cm³/mol. The highest BCUT2D eigenvalue weighted by molar-refractivity contribution is 4.91. The molecule has 1 saturated heterocycles. The van der Waals surface area contributed by atoms with E-state index < -0.39 is 0 Å². The van der Waals surface area contributed by atoms with Gasteiger partial charge in [0.1, 0.15) is 0 Å². The third kappa shape index (κ3) is 2.91. The molecular formula is C16H30N2. The lowest BCUT2D eigenvalue weighted by Gasteiger charge is -2.35. The van der Waals surface area contributed by atoms with Gasteiger partial charge in [0, 0.05) is 6.54 Å². The van der Waals surface area contributed by atoms with Crippen LogP contribution in [0.2, 0.25) is 0 Å². The molecule has 1 heterocycles. The standard InChI is InChI=1S/C16H30N2/c1-17-7-4-13-5-8-18(9-6-13)12-16-11-14-2-3-15(16)10-14/h13-17H,2-12H2,1H3. The largest absolute Gasteiger partial charge is 0.320 e. The second-order valence-corrected chi connectivity index (χ2v) is 7.07. The molecule has 0 spiro atoms. The molecule has 1 N–H and O–H groups in total. The molecule has 3 atom stereocenters. The molecule has 104 valence electrons. The lowest BCUT2D eigenvalue weighted by atomic mass is 9.87. The Kier molecular flexibility index (Phi) is 4.25. The van der Waals surface area contributed by atoms with Crippen molar-refractivity contribution in [3.8, 4) is 0 Å². The van der Waals surface area contributed by atoms with Crippen LogP contribution in [0.5, 0.6) is 0 Å². The van der Waals surface area contributed by atoms with Gasteiger partial charge in [0.25, 0.3) is 0 Å². The maximum atomic E-state index is 3.29. The van der Waals surface area contributed by atoms with E-state index in [0.29, 0.717) is 0 Å². The maximum absolute atomic E-state index is 3.29. The van der Waals surface area contributed by atoms with Crippen LogP contribution in [0.4, 0.5) is 0 Å². The first-order valence-corrected chi connectivity index (χ1v) is 8.22. The normalized spacial score (nSPS) is 37.5. The van der Waals surface area contributed by atoms with Gasteiger partial charge in [-0.15, -0.1) is 0 Å². The summed E-state index contributed by atoms with van der Waals surface area (Å²) >= 11 is 0. The zero-order chi connectivity index (χ0) is 12.4. The Bertz CT molecular complexity index is 258. The van der Waals surface area contributed by atoms with E-state index in [1.807, 2.05) is 0 Å². The van der Waals surface area contributed by atoms with Crippen molar-refractivity contribution in [2.24, 2.45) is 23.7 Å². The van der Waals surface area contributed by atoms with Crippen LogP contribution in [0.1, 0.15) is 44.9 Å². The molecule has 2 heteroatoms. The molecule has 3 fully saturated rings. The third-order valence-corrected chi connectivity index (χ3v) is 5.89. The summed E-state index contributed by atoms with van der Waals surface area (Å²) in [6, 6.07) is 0. The maximum Gasteiger partial charge on any atom is 0.00124 e. The van der Waals surface area contributed by atoms with Gasteiger partial charge in [-0.25, -0.2) is 0 Å². The van der Waals surface area contributed by atoms with Crippen molar-refractivity contribution in [3.05, 3.63) is 0 Å². The highest BCUT2D eigenvalue weighted by atomic mass is 15.1. The summed E-state index contributed by atoms with van der Waals surface area (Å²) < 4.78 is 0. The Hall–Kier alpha value is -0.0800. The quantitative estimate of drug-likeness (QED) is 0.807. The van der Waals surface area contributed by atoms with Gasteiger partial charge in [-0.2, -0.15) is 0 Å². The van der Waals surface area contributed by atoms with Crippen molar-refractivity contribution in [1.29, 1.82) is 0 Å². The molecule has 0 aromatic carbocycles. The Balaban J connectivity index is 1.38. The first kappa shape index (κ1) is 12.9. The Labute approximate surface area is 113 Å². The SMILES string of the molecule is CNCCC1CCN(CC2CC3CCC2C3)CC1. The average Bonchev–Trinajstić information content (AvgIpc) is 3.00. The molecule has 1 aliphatic heterocycles. The molecule has 0 radical (unpaired) electrons. The monoisotopic (exact) mass is 250 g/mol. The van der Waals surface area contributed by atoms with Gasteiger partial charge < -0.3 is 10.2 Å². The van der Waals surface area contributed by atoms with Gasteiger partial charge in [0.15, 0.2) is 0 Å². The van der Waals surface area contributed by atoms with E-state index in [4.69, 9.17) is 0 Å². The van der Waals surface area contributed by atoms with Crippen LogP contribution in [-0.4, -0.2) is 38.1 Å². The van der Waals surface area contributed by atoms with E-state index >= 15 is 0 Å². The minimum Gasteiger partial charge on any atom is -0.320 e. The molecule has 2 bridgehead atoms. The second-order valence-electron chi connectivity index (χ2n) is 7.07. The fraction of sp³-hybridized carbons (Fsp3) is 1.00. The number of fused-ring (bicyclic) bond motifs is 2. The molecule has 0 aromatic heterocycles. The highest BCUT2D eigenvalue weighted by Gasteiger charge is 2.40. The molecule has 0 amide bonds. The molecule has 3 rings (SSSR count). The summed E-state index contributed by atoms with van der Waals surface area (Å²) in [4.78, 5) is 2.78. The lowest BCUT2D eigenvalue weighted by molar-refractivity contribution is 0.136. The number of rotatable bonds is 5. The van der Waals surface area contributed by atoms with Crippen LogP contribution in [0.25, 0.3) is 0 Å². The highest BCUT2D eigenvalue weighted by Crippen LogP contribution is 2.48. The Morgan fingerprint density at radius 1 is 1.06 bits per heavy atom. The smallest absolute Gasteiger partial charge is 0.00124 e. The first-order valence-electron chi connectivity index (χ1n) is 8.22. The van der Waals surface area contributed by atoms with Gasteiger partial charge in [-0.05, 0) is 88.9 Å². The number of hydrogen-bond acceptors (Lipinski definition) is 2. The molecule has 2 saturated carbocycles. The van der Waals surface area contributed by atoms with Crippen molar-refractivity contribution >= 4 is 0 Å². The molecule has 2 aliphatic carbocycles. The molecule has 3 unspecified atom stereocenters. The van der Waals surface area contributed by atoms with E-state index in [9.17, 15) is 0 Å². The Morgan fingerprint density at radius 2 is 1.89 bits per heavy atom. The minimum absolute atomic E-state index is 0.994. The zero-order valence-electron chi connectivity index (χ0n) is 12.0. The van der Waals surface area contributed by atoms with Crippen molar-refractivity contribution in [2.45, 2.75) is 44.9 Å². The van der Waals surface area contributed by atoms with E-state index in [1.54, 1.807) is 25.7 Å². The van der Waals surface area contributed by atoms with Gasteiger partial charge in [-0.1, -0.05) is 6.42 Å². The van der Waals surface area contributed by atoms with Crippen LogP contribution in [0, 0.1) is 23.7 Å². The van der Waals surface area contributed by atoms with Gasteiger partial charge >= 0.3 is 0 Å². The summed E-state index contributed by atoms with van der Waals surface area (Å²) in [6.45, 7) is 5.39. The zero-order valence-corrected chi connectivity index (χ0v) is 12.0. The van der Waals surface area contributed by atoms with Gasteiger partial charge in [0.05, 0.1) is 0 Å². The van der Waals surface area contributed by atoms with Crippen molar-refractivity contribution in [3.63, 3.8) is 0 Å². The predicted octanol–water partition coefficient (Wildman–Crippen LogP) is 2.74. The van der Waals surface area contributed by atoms with E-state index in [2.05, 4.69) is 17.3 Å². The minimum atomic E-state index is 0.994. The topological polar surface area (TPSA) is 15.3 Å². The number of piperidine rings is 1. The summed E-state index contributed by atoms with van der Waals surface area (Å²) in [5.41, 5.74) is 0. The lowest BCUT2D eigenvalue weighted by Crippen LogP contribution is -2.38. The fourth-order valence-electron chi connectivity index (χ4n) is 4.74. The van der Waals surface area contributed by atoms with Crippen LogP contribution >= 0.6 is 0 Å². The third-order valence-electron chi connectivity index (χ3n) is 5.89. The van der Waals surface area contributed by atoms with Gasteiger partial charge in [-0.3, -0.25) is 0 Å². The van der Waals surface area contributed by atoms with E-state index in [1.165, 1.54) is 45.4 Å². The van der Waals surface area contributed by atoms with E-state index in [-0.39, 0.29) is 0 Å². The molecule has 3 aliphatic rings. The number of hydrogen-bond donors (Lipinski definition) is 1. The first-order chi connectivity index (χ1) is 8.85. The van der Waals surface area contributed by atoms with Crippen molar-refractivity contribution in [2.75, 3.05) is 33.2 Å². The fourth-order valence-corrected chi connectivity index (χ4v) is 4.74. The van der Waals surface area contributed by atoms with Crippen LogP contribution in [0.3, 0.4) is 0 Å². The summed E-state index contributed by atoms with van der Waals surface area (Å²) in [7, 11) is 2.07. The van der Waals surface area contributed by atoms with E-state index in [0.717, 1.165) is 23.7 Å².